The van der Waals surface area contributed by atoms with Crippen molar-refractivity contribution in [1.82, 2.24) is 5.32 Å². The SMILES string of the molecule is COc1cc(NC(=S)N[C@H]2C[C@@H]3CC[C@@H]2C3)c(OC)cc1Cl. The Bertz CT molecular complexity index is 582. The molecule has 2 saturated carbocycles. The summed E-state index contributed by atoms with van der Waals surface area (Å²) in [6.45, 7) is 0. The normalized spacial score (nSPS) is 25.9. The third-order valence-electron chi connectivity index (χ3n) is 4.78. The highest BCUT2D eigenvalue weighted by Crippen LogP contribution is 2.44. The molecule has 4 nitrogen and oxygen atoms in total. The van der Waals surface area contributed by atoms with Crippen LogP contribution < -0.4 is 20.1 Å². The molecule has 1 aromatic carbocycles. The van der Waals surface area contributed by atoms with Crippen molar-refractivity contribution in [3.8, 4) is 11.5 Å². The van der Waals surface area contributed by atoms with Crippen LogP contribution in [-0.4, -0.2) is 25.4 Å². The highest BCUT2D eigenvalue weighted by Gasteiger charge is 2.39. The number of benzene rings is 1. The Morgan fingerprint density at radius 3 is 2.55 bits per heavy atom. The standard InChI is InChI=1S/C16H21ClN2O2S/c1-20-14-8-13(15(21-2)7-11(14)17)19-16(22)18-12-6-9-3-4-10(12)5-9/h7-10,12H,3-6H2,1-2H3,(H2,18,19,22)/t9-,10-,12+/m1/s1. The second-order valence-electron chi connectivity index (χ2n) is 6.07. The van der Waals surface area contributed by atoms with Crippen molar-refractivity contribution in [1.29, 1.82) is 0 Å². The van der Waals surface area contributed by atoms with Gasteiger partial charge in [0.1, 0.15) is 11.5 Å². The average Bonchev–Trinajstić information content (AvgIpc) is 3.11. The van der Waals surface area contributed by atoms with E-state index in [1.807, 2.05) is 0 Å². The molecule has 2 bridgehead atoms. The monoisotopic (exact) mass is 340 g/mol. The first-order valence-electron chi connectivity index (χ1n) is 7.59. The van der Waals surface area contributed by atoms with E-state index in [0.717, 1.165) is 17.5 Å². The molecule has 0 radical (unpaired) electrons. The number of hydrogen-bond acceptors (Lipinski definition) is 3. The lowest BCUT2D eigenvalue weighted by Crippen LogP contribution is -2.40. The molecule has 2 aliphatic carbocycles. The third kappa shape index (κ3) is 3.10. The molecular formula is C16H21ClN2O2S. The van der Waals surface area contributed by atoms with Crippen LogP contribution in [0.1, 0.15) is 25.7 Å². The Kier molecular flexibility index (Phi) is 4.64. The van der Waals surface area contributed by atoms with Gasteiger partial charge in [0.2, 0.25) is 0 Å². The lowest BCUT2D eigenvalue weighted by molar-refractivity contribution is 0.391. The topological polar surface area (TPSA) is 42.5 Å². The van der Waals surface area contributed by atoms with Crippen molar-refractivity contribution in [2.24, 2.45) is 11.8 Å². The minimum absolute atomic E-state index is 0.499. The smallest absolute Gasteiger partial charge is 0.171 e. The van der Waals surface area contributed by atoms with E-state index in [1.165, 1.54) is 25.7 Å². The maximum absolute atomic E-state index is 6.12. The van der Waals surface area contributed by atoms with Crippen molar-refractivity contribution < 1.29 is 9.47 Å². The van der Waals surface area contributed by atoms with E-state index >= 15 is 0 Å². The predicted molar refractivity (Wildman–Crippen MR) is 93.1 cm³/mol. The van der Waals surface area contributed by atoms with Crippen molar-refractivity contribution in [3.63, 3.8) is 0 Å². The molecular weight excluding hydrogens is 320 g/mol. The number of methoxy groups -OCH3 is 2. The summed E-state index contributed by atoms with van der Waals surface area (Å²) >= 11 is 11.6. The van der Waals surface area contributed by atoms with Crippen molar-refractivity contribution >= 4 is 34.6 Å². The van der Waals surface area contributed by atoms with Crippen LogP contribution in [-0.2, 0) is 0 Å². The van der Waals surface area contributed by atoms with Gasteiger partial charge in [-0.1, -0.05) is 18.0 Å². The van der Waals surface area contributed by atoms with Gasteiger partial charge >= 0.3 is 0 Å². The van der Waals surface area contributed by atoms with Gasteiger partial charge in [0.25, 0.3) is 0 Å². The van der Waals surface area contributed by atoms with Crippen LogP contribution in [0.25, 0.3) is 0 Å². The van der Waals surface area contributed by atoms with Gasteiger partial charge in [-0.15, -0.1) is 0 Å². The number of rotatable bonds is 4. The quantitative estimate of drug-likeness (QED) is 0.815. The van der Waals surface area contributed by atoms with Crippen molar-refractivity contribution in [2.75, 3.05) is 19.5 Å². The first-order chi connectivity index (χ1) is 10.6. The summed E-state index contributed by atoms with van der Waals surface area (Å²) in [5.74, 6) is 2.89. The maximum Gasteiger partial charge on any atom is 0.171 e. The van der Waals surface area contributed by atoms with Gasteiger partial charge in [0.15, 0.2) is 5.11 Å². The number of hydrogen-bond donors (Lipinski definition) is 2. The second kappa shape index (κ2) is 6.50. The van der Waals surface area contributed by atoms with E-state index < -0.39 is 0 Å². The Hall–Kier alpha value is -1.20. The number of fused-ring (bicyclic) bond motifs is 2. The van der Waals surface area contributed by atoms with Gasteiger partial charge in [-0.25, -0.2) is 0 Å². The van der Waals surface area contributed by atoms with Crippen LogP contribution in [0.2, 0.25) is 5.02 Å². The largest absolute Gasteiger partial charge is 0.495 e. The van der Waals surface area contributed by atoms with E-state index in [4.69, 9.17) is 33.3 Å². The molecule has 0 amide bonds. The van der Waals surface area contributed by atoms with Gasteiger partial charge in [0, 0.05) is 18.2 Å². The first-order valence-corrected chi connectivity index (χ1v) is 8.38. The van der Waals surface area contributed by atoms with Crippen LogP contribution in [0.4, 0.5) is 5.69 Å². The van der Waals surface area contributed by atoms with Gasteiger partial charge in [-0.2, -0.15) is 0 Å². The molecule has 1 aromatic rings. The third-order valence-corrected chi connectivity index (χ3v) is 5.29. The number of anilines is 1. The lowest BCUT2D eigenvalue weighted by Gasteiger charge is -2.25. The fraction of sp³-hybridized carbons (Fsp3) is 0.562. The summed E-state index contributed by atoms with van der Waals surface area (Å²) in [7, 11) is 3.19. The Balaban J connectivity index is 1.68. The van der Waals surface area contributed by atoms with E-state index in [9.17, 15) is 0 Å². The molecule has 0 heterocycles. The van der Waals surface area contributed by atoms with Crippen LogP contribution >= 0.6 is 23.8 Å². The molecule has 0 spiro atoms. The van der Waals surface area contributed by atoms with Gasteiger partial charge in [-0.3, -0.25) is 0 Å². The fourth-order valence-electron chi connectivity index (χ4n) is 3.71. The summed E-state index contributed by atoms with van der Waals surface area (Å²) in [5, 5.41) is 7.80. The van der Waals surface area contributed by atoms with E-state index in [1.54, 1.807) is 26.4 Å². The average molecular weight is 341 g/mol. The van der Waals surface area contributed by atoms with Gasteiger partial charge in [0.05, 0.1) is 24.9 Å². The molecule has 0 saturated heterocycles. The van der Waals surface area contributed by atoms with Crippen molar-refractivity contribution in [3.05, 3.63) is 17.2 Å². The minimum Gasteiger partial charge on any atom is -0.495 e. The highest BCUT2D eigenvalue weighted by atomic mass is 35.5. The van der Waals surface area contributed by atoms with Gasteiger partial charge < -0.3 is 20.1 Å². The molecule has 2 N–H and O–H groups in total. The zero-order chi connectivity index (χ0) is 15.7. The van der Waals surface area contributed by atoms with E-state index in [0.29, 0.717) is 27.7 Å². The highest BCUT2D eigenvalue weighted by molar-refractivity contribution is 7.80. The minimum atomic E-state index is 0.499. The predicted octanol–water partition coefficient (Wildman–Crippen LogP) is 3.83. The van der Waals surface area contributed by atoms with Crippen LogP contribution in [0.5, 0.6) is 11.5 Å². The molecule has 6 heteroatoms. The van der Waals surface area contributed by atoms with E-state index in [2.05, 4.69) is 10.6 Å². The molecule has 2 aliphatic rings. The molecule has 0 aromatic heterocycles. The Morgan fingerprint density at radius 2 is 1.95 bits per heavy atom. The summed E-state index contributed by atoms with van der Waals surface area (Å²) in [5.41, 5.74) is 0.754. The maximum atomic E-state index is 6.12. The summed E-state index contributed by atoms with van der Waals surface area (Å²) in [6.07, 6.45) is 5.28. The van der Waals surface area contributed by atoms with Crippen LogP contribution in [0.15, 0.2) is 12.1 Å². The van der Waals surface area contributed by atoms with Crippen LogP contribution in [0, 0.1) is 11.8 Å². The summed E-state index contributed by atoms with van der Waals surface area (Å²) < 4.78 is 10.6. The molecule has 3 rings (SSSR count). The van der Waals surface area contributed by atoms with Crippen molar-refractivity contribution in [2.45, 2.75) is 31.7 Å². The first kappa shape index (κ1) is 15.7. The van der Waals surface area contributed by atoms with Crippen LogP contribution in [0.3, 0.4) is 0 Å². The molecule has 0 aliphatic heterocycles. The Labute approximate surface area is 141 Å². The second-order valence-corrected chi connectivity index (χ2v) is 6.88. The Morgan fingerprint density at radius 1 is 1.18 bits per heavy atom. The zero-order valence-electron chi connectivity index (χ0n) is 12.8. The molecule has 3 atom stereocenters. The number of ether oxygens (including phenoxy) is 2. The lowest BCUT2D eigenvalue weighted by atomic mass is 9.96. The fourth-order valence-corrected chi connectivity index (χ4v) is 4.20. The van der Waals surface area contributed by atoms with Gasteiger partial charge in [-0.05, 0) is 43.3 Å². The summed E-state index contributed by atoms with van der Waals surface area (Å²) in [4.78, 5) is 0. The van der Waals surface area contributed by atoms with E-state index in [-0.39, 0.29) is 0 Å². The molecule has 2 fully saturated rings. The number of halogens is 1. The summed E-state index contributed by atoms with van der Waals surface area (Å²) in [6, 6.07) is 4.03. The number of nitrogens with one attached hydrogen (secondary N) is 2. The zero-order valence-corrected chi connectivity index (χ0v) is 14.4. The number of thiocarbonyl (C=S) groups is 1. The molecule has 0 unspecified atom stereocenters. The molecule has 22 heavy (non-hydrogen) atoms. The molecule has 120 valence electrons.